The Kier molecular flexibility index (Phi) is 4.91. The molecule has 2 rings (SSSR count). The van der Waals surface area contributed by atoms with Crippen LogP contribution in [-0.2, 0) is 0 Å². The molecule has 1 heterocycles. The minimum atomic E-state index is 0.390. The van der Waals surface area contributed by atoms with Crippen molar-refractivity contribution in [2.75, 3.05) is 6.54 Å². The van der Waals surface area contributed by atoms with E-state index in [-0.39, 0.29) is 0 Å². The van der Waals surface area contributed by atoms with E-state index in [0.717, 1.165) is 0 Å². The van der Waals surface area contributed by atoms with Crippen LogP contribution in [0.3, 0.4) is 0 Å². The first-order chi connectivity index (χ1) is 8.92. The Labute approximate surface area is 109 Å². The van der Waals surface area contributed by atoms with E-state index in [2.05, 4.69) is 59.7 Å². The van der Waals surface area contributed by atoms with Gasteiger partial charge in [0.2, 0.25) is 0 Å². The van der Waals surface area contributed by atoms with E-state index in [4.69, 9.17) is 0 Å². The van der Waals surface area contributed by atoms with Crippen molar-refractivity contribution in [1.29, 1.82) is 0 Å². The first kappa shape index (κ1) is 12.8. The zero-order valence-corrected chi connectivity index (χ0v) is 10.9. The molecule has 0 amide bonds. The smallest absolute Gasteiger partial charge is 0.137 e. The number of quaternary nitrogens is 1. The number of pyridine rings is 1. The lowest BCUT2D eigenvalue weighted by molar-refractivity contribution is -0.687. The number of hydrogen-bond donors (Lipinski definition) is 1. The van der Waals surface area contributed by atoms with Crippen LogP contribution in [0.25, 0.3) is 0 Å². The second-order valence-corrected chi connectivity index (χ2v) is 4.55. The Bertz CT molecular complexity index is 400. The van der Waals surface area contributed by atoms with Crippen LogP contribution in [0, 0.1) is 0 Å². The van der Waals surface area contributed by atoms with Gasteiger partial charge in [-0.2, -0.15) is 0 Å². The molecule has 1 aromatic heterocycles. The standard InChI is InChI=1S/C16H20N2/c1-2-3-11-18-16(14-7-5-4-6-8-14)15-9-12-17-13-10-15/h4-10,12-13,16,18H,2-3,11H2,1H3/p+1/t16-/m1/s1. The van der Waals surface area contributed by atoms with Crippen molar-refractivity contribution in [3.05, 3.63) is 66.0 Å². The molecule has 0 unspecified atom stereocenters. The molecule has 2 nitrogen and oxygen atoms in total. The maximum absolute atomic E-state index is 4.10. The molecule has 0 aliphatic carbocycles. The van der Waals surface area contributed by atoms with Gasteiger partial charge in [0.25, 0.3) is 0 Å². The molecule has 2 aromatic rings. The predicted octanol–water partition coefficient (Wildman–Crippen LogP) is 2.53. The van der Waals surface area contributed by atoms with Gasteiger partial charge in [-0.1, -0.05) is 43.7 Å². The van der Waals surface area contributed by atoms with E-state index in [1.807, 2.05) is 12.4 Å². The first-order valence-corrected chi connectivity index (χ1v) is 6.70. The lowest BCUT2D eigenvalue weighted by Gasteiger charge is -2.16. The Hall–Kier alpha value is -1.67. The SMILES string of the molecule is CCCC[NH2+][C@H](c1ccccc1)c1ccncc1. The van der Waals surface area contributed by atoms with Crippen LogP contribution >= 0.6 is 0 Å². The summed E-state index contributed by atoms with van der Waals surface area (Å²) in [7, 11) is 0. The van der Waals surface area contributed by atoms with Crippen molar-refractivity contribution in [3.63, 3.8) is 0 Å². The maximum atomic E-state index is 4.10. The zero-order valence-electron chi connectivity index (χ0n) is 10.9. The minimum absolute atomic E-state index is 0.390. The summed E-state index contributed by atoms with van der Waals surface area (Å²) in [6.45, 7) is 3.40. The van der Waals surface area contributed by atoms with Gasteiger partial charge in [0.05, 0.1) is 6.54 Å². The second-order valence-electron chi connectivity index (χ2n) is 4.55. The molecule has 0 saturated carbocycles. The van der Waals surface area contributed by atoms with Crippen LogP contribution < -0.4 is 5.32 Å². The van der Waals surface area contributed by atoms with Gasteiger partial charge < -0.3 is 5.32 Å². The van der Waals surface area contributed by atoms with Crippen LogP contribution in [0.1, 0.15) is 36.9 Å². The molecule has 0 radical (unpaired) electrons. The summed E-state index contributed by atoms with van der Waals surface area (Å²) in [6, 6.07) is 15.3. The molecule has 0 spiro atoms. The highest BCUT2D eigenvalue weighted by atomic mass is 14.9. The Morgan fingerprint density at radius 2 is 1.67 bits per heavy atom. The van der Waals surface area contributed by atoms with Gasteiger partial charge in [0.1, 0.15) is 6.04 Å². The van der Waals surface area contributed by atoms with Gasteiger partial charge in [0.15, 0.2) is 0 Å². The van der Waals surface area contributed by atoms with Gasteiger partial charge in [-0.15, -0.1) is 0 Å². The fourth-order valence-electron chi connectivity index (χ4n) is 2.18. The second kappa shape index (κ2) is 6.92. The van der Waals surface area contributed by atoms with E-state index in [1.54, 1.807) is 0 Å². The minimum Gasteiger partial charge on any atom is -0.336 e. The molecule has 0 saturated heterocycles. The molecule has 0 aliphatic rings. The Balaban J connectivity index is 2.18. The highest BCUT2D eigenvalue weighted by molar-refractivity contribution is 5.27. The van der Waals surface area contributed by atoms with E-state index >= 15 is 0 Å². The third-order valence-electron chi connectivity index (χ3n) is 3.18. The summed E-state index contributed by atoms with van der Waals surface area (Å²) in [5.41, 5.74) is 2.69. The lowest BCUT2D eigenvalue weighted by Crippen LogP contribution is -2.85. The summed E-state index contributed by atoms with van der Waals surface area (Å²) < 4.78 is 0. The number of nitrogens with zero attached hydrogens (tertiary/aromatic N) is 1. The number of aromatic nitrogens is 1. The Morgan fingerprint density at radius 3 is 2.33 bits per heavy atom. The van der Waals surface area contributed by atoms with Gasteiger partial charge in [-0.05, 0) is 18.6 Å². The van der Waals surface area contributed by atoms with E-state index in [0.29, 0.717) is 6.04 Å². The van der Waals surface area contributed by atoms with Gasteiger partial charge in [-0.25, -0.2) is 0 Å². The molecule has 1 atom stereocenters. The molecule has 0 fully saturated rings. The van der Waals surface area contributed by atoms with Crippen LogP contribution in [0.15, 0.2) is 54.9 Å². The van der Waals surface area contributed by atoms with Crippen molar-refractivity contribution in [2.24, 2.45) is 0 Å². The van der Waals surface area contributed by atoms with Crippen LogP contribution in [0.2, 0.25) is 0 Å². The molecule has 0 aliphatic heterocycles. The monoisotopic (exact) mass is 241 g/mol. The van der Waals surface area contributed by atoms with Crippen molar-refractivity contribution in [2.45, 2.75) is 25.8 Å². The quantitative estimate of drug-likeness (QED) is 0.774. The molecule has 0 bridgehead atoms. The molecule has 2 N–H and O–H groups in total. The molecular formula is C16H21N2+. The number of benzene rings is 1. The average molecular weight is 241 g/mol. The number of unbranched alkanes of at least 4 members (excludes halogenated alkanes) is 1. The Morgan fingerprint density at radius 1 is 1.00 bits per heavy atom. The van der Waals surface area contributed by atoms with Gasteiger partial charge in [0, 0.05) is 23.5 Å². The first-order valence-electron chi connectivity index (χ1n) is 6.70. The number of hydrogen-bond acceptors (Lipinski definition) is 1. The average Bonchev–Trinajstić information content (AvgIpc) is 2.46. The predicted molar refractivity (Wildman–Crippen MR) is 74.2 cm³/mol. The van der Waals surface area contributed by atoms with E-state index in [1.165, 1.54) is 30.5 Å². The largest absolute Gasteiger partial charge is 0.336 e. The fourth-order valence-corrected chi connectivity index (χ4v) is 2.18. The van der Waals surface area contributed by atoms with E-state index in [9.17, 15) is 0 Å². The normalized spacial score (nSPS) is 12.3. The summed E-state index contributed by atoms with van der Waals surface area (Å²) in [6.07, 6.45) is 6.25. The van der Waals surface area contributed by atoms with Crippen LogP contribution in [0.5, 0.6) is 0 Å². The topological polar surface area (TPSA) is 29.5 Å². The van der Waals surface area contributed by atoms with Gasteiger partial charge >= 0.3 is 0 Å². The number of nitrogens with two attached hydrogens (primary N) is 1. The van der Waals surface area contributed by atoms with Crippen molar-refractivity contribution in [3.8, 4) is 0 Å². The van der Waals surface area contributed by atoms with Gasteiger partial charge in [-0.3, -0.25) is 4.98 Å². The van der Waals surface area contributed by atoms with Crippen LogP contribution in [-0.4, -0.2) is 11.5 Å². The molecule has 2 heteroatoms. The third kappa shape index (κ3) is 3.41. The molecule has 94 valence electrons. The van der Waals surface area contributed by atoms with Crippen LogP contribution in [0.4, 0.5) is 0 Å². The van der Waals surface area contributed by atoms with Crippen molar-refractivity contribution < 1.29 is 5.32 Å². The number of rotatable bonds is 6. The summed E-state index contributed by atoms with van der Waals surface area (Å²) in [5.74, 6) is 0. The fraction of sp³-hybridized carbons (Fsp3) is 0.312. The third-order valence-corrected chi connectivity index (χ3v) is 3.18. The lowest BCUT2D eigenvalue weighted by atomic mass is 9.99. The van der Waals surface area contributed by atoms with Crippen molar-refractivity contribution in [1.82, 2.24) is 4.98 Å². The highest BCUT2D eigenvalue weighted by Crippen LogP contribution is 2.17. The maximum Gasteiger partial charge on any atom is 0.137 e. The zero-order chi connectivity index (χ0) is 12.6. The summed E-state index contributed by atoms with van der Waals surface area (Å²) in [4.78, 5) is 4.10. The summed E-state index contributed by atoms with van der Waals surface area (Å²) >= 11 is 0. The highest BCUT2D eigenvalue weighted by Gasteiger charge is 2.16. The van der Waals surface area contributed by atoms with E-state index < -0.39 is 0 Å². The molecular weight excluding hydrogens is 220 g/mol. The van der Waals surface area contributed by atoms with Crippen molar-refractivity contribution >= 4 is 0 Å². The summed E-state index contributed by atoms with van der Waals surface area (Å²) in [5, 5.41) is 2.42. The molecule has 1 aromatic carbocycles. The molecule has 18 heavy (non-hydrogen) atoms.